The fourth-order valence-corrected chi connectivity index (χ4v) is 2.46. The smallest absolute Gasteiger partial charge is 0.223 e. The van der Waals surface area contributed by atoms with E-state index in [0.29, 0.717) is 18.0 Å². The highest BCUT2D eigenvalue weighted by molar-refractivity contribution is 6.31. The SMILES string of the molecule is CNCc1cn(CCC(=O)N(C)C)c2cc(Cl)ccc12. The van der Waals surface area contributed by atoms with Crippen molar-refractivity contribution in [2.24, 2.45) is 0 Å². The van der Waals surface area contributed by atoms with E-state index in [1.165, 1.54) is 10.9 Å². The summed E-state index contributed by atoms with van der Waals surface area (Å²) in [5.74, 6) is 0.129. The monoisotopic (exact) mass is 293 g/mol. The Kier molecular flexibility index (Phi) is 4.68. The second-order valence-corrected chi connectivity index (χ2v) is 5.51. The maximum Gasteiger partial charge on any atom is 0.223 e. The zero-order valence-electron chi connectivity index (χ0n) is 12.1. The number of hydrogen-bond acceptors (Lipinski definition) is 2. The summed E-state index contributed by atoms with van der Waals surface area (Å²) < 4.78 is 2.11. The van der Waals surface area contributed by atoms with Gasteiger partial charge in [0, 0.05) is 55.7 Å². The molecule has 20 heavy (non-hydrogen) atoms. The van der Waals surface area contributed by atoms with Gasteiger partial charge < -0.3 is 14.8 Å². The number of carbonyl (C=O) groups excluding carboxylic acids is 1. The Balaban J connectivity index is 2.32. The molecule has 0 radical (unpaired) electrons. The fraction of sp³-hybridized carbons (Fsp3) is 0.400. The standard InChI is InChI=1S/C15H20ClN3O/c1-17-9-11-10-19(7-6-15(20)18(2)3)14-8-12(16)4-5-13(11)14/h4-5,8,10,17H,6-7,9H2,1-3H3. The van der Waals surface area contributed by atoms with Crippen LogP contribution in [0.2, 0.25) is 5.02 Å². The molecule has 0 aliphatic heterocycles. The summed E-state index contributed by atoms with van der Waals surface area (Å²) >= 11 is 6.09. The van der Waals surface area contributed by atoms with Gasteiger partial charge >= 0.3 is 0 Å². The largest absolute Gasteiger partial charge is 0.349 e. The first-order valence-corrected chi connectivity index (χ1v) is 7.02. The lowest BCUT2D eigenvalue weighted by Crippen LogP contribution is -2.22. The summed E-state index contributed by atoms with van der Waals surface area (Å²) in [6, 6.07) is 5.89. The molecule has 1 amide bonds. The minimum Gasteiger partial charge on any atom is -0.349 e. The van der Waals surface area contributed by atoms with Gasteiger partial charge in [-0.25, -0.2) is 0 Å². The lowest BCUT2D eigenvalue weighted by Gasteiger charge is -2.11. The number of hydrogen-bond donors (Lipinski definition) is 1. The van der Waals surface area contributed by atoms with Crippen molar-refractivity contribution >= 4 is 28.4 Å². The molecule has 1 aromatic carbocycles. The third kappa shape index (κ3) is 3.14. The van der Waals surface area contributed by atoms with Crippen molar-refractivity contribution in [2.75, 3.05) is 21.1 Å². The summed E-state index contributed by atoms with van der Waals surface area (Å²) in [5, 5.41) is 5.06. The van der Waals surface area contributed by atoms with Crippen molar-refractivity contribution in [1.29, 1.82) is 0 Å². The van der Waals surface area contributed by atoms with Crippen LogP contribution >= 0.6 is 11.6 Å². The molecule has 5 heteroatoms. The van der Waals surface area contributed by atoms with Gasteiger partial charge in [-0.1, -0.05) is 17.7 Å². The first-order chi connectivity index (χ1) is 9.52. The topological polar surface area (TPSA) is 37.3 Å². The van der Waals surface area contributed by atoms with E-state index in [4.69, 9.17) is 11.6 Å². The Morgan fingerprint density at radius 3 is 2.80 bits per heavy atom. The van der Waals surface area contributed by atoms with E-state index in [1.807, 2.05) is 25.2 Å². The molecule has 1 aromatic heterocycles. The van der Waals surface area contributed by atoms with Crippen molar-refractivity contribution < 1.29 is 4.79 Å². The van der Waals surface area contributed by atoms with Gasteiger partial charge in [-0.2, -0.15) is 0 Å². The molecule has 1 heterocycles. The number of benzene rings is 1. The van der Waals surface area contributed by atoms with E-state index in [9.17, 15) is 4.79 Å². The number of amides is 1. The number of nitrogens with zero attached hydrogens (tertiary/aromatic N) is 2. The van der Waals surface area contributed by atoms with Gasteiger partial charge in [-0.3, -0.25) is 4.79 Å². The van der Waals surface area contributed by atoms with Crippen molar-refractivity contribution in [3.63, 3.8) is 0 Å². The van der Waals surface area contributed by atoms with Crippen LogP contribution in [0.5, 0.6) is 0 Å². The second kappa shape index (κ2) is 6.29. The molecule has 2 rings (SSSR count). The molecular formula is C15H20ClN3O. The van der Waals surface area contributed by atoms with Crippen LogP contribution in [-0.4, -0.2) is 36.5 Å². The van der Waals surface area contributed by atoms with E-state index in [1.54, 1.807) is 19.0 Å². The number of fused-ring (bicyclic) bond motifs is 1. The molecule has 0 saturated carbocycles. The van der Waals surface area contributed by atoms with Crippen LogP contribution in [0, 0.1) is 0 Å². The van der Waals surface area contributed by atoms with Crippen LogP contribution in [0.15, 0.2) is 24.4 Å². The Hall–Kier alpha value is -1.52. The molecule has 0 unspecified atom stereocenters. The Bertz CT molecular complexity index is 619. The maximum atomic E-state index is 11.7. The molecule has 0 saturated heterocycles. The average molecular weight is 294 g/mol. The van der Waals surface area contributed by atoms with Gasteiger partial charge in [-0.15, -0.1) is 0 Å². The van der Waals surface area contributed by atoms with Gasteiger partial charge in [0.05, 0.1) is 0 Å². The predicted octanol–water partition coefficient (Wildman–Crippen LogP) is 2.49. The average Bonchev–Trinajstić information content (AvgIpc) is 2.74. The number of nitrogens with one attached hydrogen (secondary N) is 1. The van der Waals surface area contributed by atoms with Crippen LogP contribution in [0.4, 0.5) is 0 Å². The molecule has 4 nitrogen and oxygen atoms in total. The molecule has 0 fully saturated rings. The van der Waals surface area contributed by atoms with Crippen molar-refractivity contribution in [2.45, 2.75) is 19.5 Å². The Morgan fingerprint density at radius 1 is 1.40 bits per heavy atom. The fourth-order valence-electron chi connectivity index (χ4n) is 2.30. The van der Waals surface area contributed by atoms with Crippen LogP contribution in [-0.2, 0) is 17.9 Å². The zero-order chi connectivity index (χ0) is 14.7. The van der Waals surface area contributed by atoms with Crippen molar-refractivity contribution in [3.05, 3.63) is 35.0 Å². The number of halogens is 1. The molecule has 1 N–H and O–H groups in total. The van der Waals surface area contributed by atoms with Gasteiger partial charge in [0.25, 0.3) is 0 Å². The maximum absolute atomic E-state index is 11.7. The van der Waals surface area contributed by atoms with Crippen molar-refractivity contribution in [1.82, 2.24) is 14.8 Å². The minimum atomic E-state index is 0.129. The first-order valence-electron chi connectivity index (χ1n) is 6.65. The van der Waals surface area contributed by atoms with E-state index in [-0.39, 0.29) is 5.91 Å². The Morgan fingerprint density at radius 2 is 2.15 bits per heavy atom. The van der Waals surface area contributed by atoms with Gasteiger partial charge in [0.2, 0.25) is 5.91 Å². The van der Waals surface area contributed by atoms with Crippen LogP contribution in [0.25, 0.3) is 10.9 Å². The minimum absolute atomic E-state index is 0.129. The number of aryl methyl sites for hydroxylation is 1. The number of rotatable bonds is 5. The summed E-state index contributed by atoms with van der Waals surface area (Å²) in [5.41, 5.74) is 2.30. The number of aromatic nitrogens is 1. The third-order valence-electron chi connectivity index (χ3n) is 3.36. The van der Waals surface area contributed by atoms with Crippen LogP contribution < -0.4 is 5.32 Å². The third-order valence-corrected chi connectivity index (χ3v) is 3.59. The molecule has 0 aliphatic carbocycles. The van der Waals surface area contributed by atoms with Gasteiger partial charge in [0.1, 0.15) is 0 Å². The predicted molar refractivity (Wildman–Crippen MR) is 83.0 cm³/mol. The summed E-state index contributed by atoms with van der Waals surface area (Å²) in [6.07, 6.45) is 2.59. The lowest BCUT2D eigenvalue weighted by molar-refractivity contribution is -0.128. The molecule has 2 aromatic rings. The lowest BCUT2D eigenvalue weighted by atomic mass is 10.2. The molecule has 0 atom stereocenters. The summed E-state index contributed by atoms with van der Waals surface area (Å²) in [6.45, 7) is 1.46. The molecular weight excluding hydrogens is 274 g/mol. The zero-order valence-corrected chi connectivity index (χ0v) is 12.9. The molecule has 0 bridgehead atoms. The summed E-state index contributed by atoms with van der Waals surface area (Å²) in [4.78, 5) is 13.3. The Labute approximate surface area is 124 Å². The highest BCUT2D eigenvalue weighted by Gasteiger charge is 2.10. The molecule has 0 aliphatic rings. The van der Waals surface area contributed by atoms with Crippen LogP contribution in [0.1, 0.15) is 12.0 Å². The highest BCUT2D eigenvalue weighted by atomic mass is 35.5. The highest BCUT2D eigenvalue weighted by Crippen LogP contribution is 2.25. The molecule has 0 spiro atoms. The second-order valence-electron chi connectivity index (χ2n) is 5.08. The van der Waals surface area contributed by atoms with Gasteiger partial charge in [-0.05, 0) is 24.7 Å². The van der Waals surface area contributed by atoms with E-state index in [0.717, 1.165) is 12.1 Å². The summed E-state index contributed by atoms with van der Waals surface area (Å²) in [7, 11) is 5.48. The van der Waals surface area contributed by atoms with E-state index >= 15 is 0 Å². The van der Waals surface area contributed by atoms with Gasteiger partial charge in [0.15, 0.2) is 0 Å². The quantitative estimate of drug-likeness (QED) is 0.920. The molecule has 108 valence electrons. The van der Waals surface area contributed by atoms with E-state index < -0.39 is 0 Å². The normalized spacial score (nSPS) is 11.0. The van der Waals surface area contributed by atoms with Crippen molar-refractivity contribution in [3.8, 4) is 0 Å². The first kappa shape index (κ1) is 14.9. The van der Waals surface area contributed by atoms with Crippen LogP contribution in [0.3, 0.4) is 0 Å². The number of carbonyl (C=O) groups is 1. The van der Waals surface area contributed by atoms with E-state index in [2.05, 4.69) is 16.1 Å².